The van der Waals surface area contributed by atoms with Gasteiger partial charge in [0.05, 0.1) is 5.69 Å². The number of hydrogen-bond donors (Lipinski definition) is 1. The van der Waals surface area contributed by atoms with Crippen LogP contribution >= 0.6 is 12.2 Å². The number of halogens is 3. The number of nitrogens with zero attached hydrogens (tertiary/aromatic N) is 2. The van der Waals surface area contributed by atoms with E-state index in [0.717, 1.165) is 17.0 Å². The number of anilines is 1. The Morgan fingerprint density at radius 2 is 1.86 bits per heavy atom. The Labute approximate surface area is 168 Å². The van der Waals surface area contributed by atoms with Gasteiger partial charge in [-0.1, -0.05) is 18.2 Å². The monoisotopic (exact) mass is 419 g/mol. The molecule has 148 valence electrons. The molecule has 0 bridgehead atoms. The molecule has 0 radical (unpaired) electrons. The molecule has 0 aliphatic carbocycles. The Morgan fingerprint density at radius 3 is 2.52 bits per heavy atom. The van der Waals surface area contributed by atoms with Gasteiger partial charge >= 0.3 is 6.36 Å². The van der Waals surface area contributed by atoms with Crippen LogP contribution in [-0.2, 0) is 4.79 Å². The summed E-state index contributed by atoms with van der Waals surface area (Å²) in [5.74, 6) is -0.491. The third kappa shape index (κ3) is 4.83. The van der Waals surface area contributed by atoms with Gasteiger partial charge in [-0.15, -0.1) is 13.2 Å². The van der Waals surface area contributed by atoms with Crippen molar-refractivity contribution in [1.29, 1.82) is 5.26 Å². The lowest BCUT2D eigenvalue weighted by Gasteiger charge is -2.15. The number of rotatable bonds is 5. The number of nitriles is 1. The molecular formula is C19H12F3N3O3S. The van der Waals surface area contributed by atoms with Crippen LogP contribution < -0.4 is 19.7 Å². The van der Waals surface area contributed by atoms with Crippen LogP contribution in [0.5, 0.6) is 11.5 Å². The summed E-state index contributed by atoms with van der Waals surface area (Å²) in [6, 6.07) is 13.4. The van der Waals surface area contributed by atoms with E-state index in [9.17, 15) is 18.0 Å². The fourth-order valence-electron chi connectivity index (χ4n) is 2.56. The molecule has 0 saturated carbocycles. The molecule has 1 fully saturated rings. The second-order valence-corrected chi connectivity index (χ2v) is 6.04. The third-order valence-electron chi connectivity index (χ3n) is 3.72. The molecule has 0 atom stereocenters. The fraction of sp³-hybridized carbons (Fsp3) is 0.105. The number of ether oxygens (including phenoxy) is 2. The fourth-order valence-corrected chi connectivity index (χ4v) is 2.86. The van der Waals surface area contributed by atoms with Gasteiger partial charge in [-0.3, -0.25) is 9.69 Å². The molecule has 0 unspecified atom stereocenters. The van der Waals surface area contributed by atoms with E-state index in [1.54, 1.807) is 24.3 Å². The van der Waals surface area contributed by atoms with Gasteiger partial charge in [0.25, 0.3) is 5.91 Å². The van der Waals surface area contributed by atoms with Crippen molar-refractivity contribution in [3.63, 3.8) is 0 Å². The molecule has 6 nitrogen and oxygen atoms in total. The molecule has 10 heteroatoms. The number of para-hydroxylation sites is 1. The van der Waals surface area contributed by atoms with E-state index in [1.807, 2.05) is 6.07 Å². The Bertz CT molecular complexity index is 1010. The maximum absolute atomic E-state index is 12.8. The molecule has 2 aromatic carbocycles. The van der Waals surface area contributed by atoms with Crippen LogP contribution in [0.3, 0.4) is 0 Å². The number of thiocarbonyl (C=S) groups is 1. The molecular weight excluding hydrogens is 407 g/mol. The molecule has 29 heavy (non-hydrogen) atoms. The van der Waals surface area contributed by atoms with Gasteiger partial charge in [-0.25, -0.2) is 0 Å². The number of nitrogens with one attached hydrogen (secondary N) is 1. The van der Waals surface area contributed by atoms with Crippen LogP contribution in [0, 0.1) is 11.3 Å². The minimum Gasteiger partial charge on any atom is -0.478 e. The van der Waals surface area contributed by atoms with Gasteiger partial charge in [0.2, 0.25) is 0 Å². The number of carbonyl (C=O) groups is 1. The van der Waals surface area contributed by atoms with E-state index in [1.165, 1.54) is 18.2 Å². The smallest absolute Gasteiger partial charge is 0.478 e. The summed E-state index contributed by atoms with van der Waals surface area (Å²) in [5.41, 5.74) is 0.982. The standard InChI is InChI=1S/C19H12F3N3O3S/c20-19(21,22)28-14-7-5-13(6-8-14)25-17(26)15(24-18(25)29)11-12-3-1-2-4-16(12)27-10-9-23/h1-8,11H,10H2,(H,24,29)/b15-11+. The first-order valence-corrected chi connectivity index (χ1v) is 8.51. The van der Waals surface area contributed by atoms with Crippen LogP contribution in [0.4, 0.5) is 18.9 Å². The summed E-state index contributed by atoms with van der Waals surface area (Å²) in [7, 11) is 0. The topological polar surface area (TPSA) is 74.6 Å². The number of hydrogen-bond acceptors (Lipinski definition) is 5. The zero-order valence-electron chi connectivity index (χ0n) is 14.6. The average molecular weight is 419 g/mol. The first-order valence-electron chi connectivity index (χ1n) is 8.10. The highest BCUT2D eigenvalue weighted by Crippen LogP contribution is 2.28. The molecule has 0 spiro atoms. The van der Waals surface area contributed by atoms with E-state index in [-0.39, 0.29) is 23.1 Å². The van der Waals surface area contributed by atoms with Crippen molar-refractivity contribution >= 4 is 35.0 Å². The minimum absolute atomic E-state index is 0.0705. The van der Waals surface area contributed by atoms with Crippen molar-refractivity contribution in [2.24, 2.45) is 0 Å². The summed E-state index contributed by atoms with van der Waals surface area (Å²) in [6.07, 6.45) is -3.29. The predicted octanol–water partition coefficient (Wildman–Crippen LogP) is 3.75. The van der Waals surface area contributed by atoms with Crippen molar-refractivity contribution in [3.05, 3.63) is 59.8 Å². The normalized spacial score (nSPS) is 15.2. The number of benzene rings is 2. The van der Waals surface area contributed by atoms with Gasteiger partial charge in [0.15, 0.2) is 11.7 Å². The summed E-state index contributed by atoms with van der Waals surface area (Å²) >= 11 is 5.18. The SMILES string of the molecule is N#CCOc1ccccc1/C=C1/NC(=S)N(c2ccc(OC(F)(F)F)cc2)C1=O. The highest BCUT2D eigenvalue weighted by atomic mass is 32.1. The van der Waals surface area contributed by atoms with Gasteiger partial charge in [0, 0.05) is 5.56 Å². The van der Waals surface area contributed by atoms with Crippen LogP contribution in [0.1, 0.15) is 5.56 Å². The highest BCUT2D eigenvalue weighted by molar-refractivity contribution is 7.80. The summed E-state index contributed by atoms with van der Waals surface area (Å²) < 4.78 is 46.0. The Morgan fingerprint density at radius 1 is 1.17 bits per heavy atom. The lowest BCUT2D eigenvalue weighted by molar-refractivity contribution is -0.274. The molecule has 1 heterocycles. The first-order chi connectivity index (χ1) is 13.8. The van der Waals surface area contributed by atoms with E-state index < -0.39 is 18.0 Å². The molecule has 0 aromatic heterocycles. The average Bonchev–Trinajstić information content (AvgIpc) is 2.94. The second kappa shape index (κ2) is 8.20. The van der Waals surface area contributed by atoms with Crippen molar-refractivity contribution < 1.29 is 27.4 Å². The zero-order valence-corrected chi connectivity index (χ0v) is 15.4. The molecule has 1 N–H and O–H groups in total. The van der Waals surface area contributed by atoms with E-state index >= 15 is 0 Å². The first kappa shape index (κ1) is 20.2. The Balaban J connectivity index is 1.84. The second-order valence-electron chi connectivity index (χ2n) is 5.66. The lowest BCUT2D eigenvalue weighted by atomic mass is 10.1. The molecule has 2 aromatic rings. The van der Waals surface area contributed by atoms with Crippen molar-refractivity contribution in [2.75, 3.05) is 11.5 Å². The van der Waals surface area contributed by atoms with Gasteiger partial charge in [-0.2, -0.15) is 5.26 Å². The van der Waals surface area contributed by atoms with Gasteiger partial charge in [0.1, 0.15) is 23.3 Å². The molecule has 3 rings (SSSR count). The third-order valence-corrected chi connectivity index (χ3v) is 4.00. The molecule has 1 saturated heterocycles. The van der Waals surface area contributed by atoms with E-state index in [2.05, 4.69) is 10.1 Å². The quantitative estimate of drug-likeness (QED) is 0.588. The maximum Gasteiger partial charge on any atom is 0.573 e. The number of amides is 1. The number of carbonyl (C=O) groups excluding carboxylic acids is 1. The van der Waals surface area contributed by atoms with E-state index in [4.69, 9.17) is 22.2 Å². The molecule has 1 aliphatic rings. The zero-order chi connectivity index (χ0) is 21.0. The van der Waals surface area contributed by atoms with Crippen molar-refractivity contribution in [2.45, 2.75) is 6.36 Å². The number of alkyl halides is 3. The van der Waals surface area contributed by atoms with Crippen molar-refractivity contribution in [1.82, 2.24) is 5.32 Å². The predicted molar refractivity (Wildman–Crippen MR) is 102 cm³/mol. The van der Waals surface area contributed by atoms with Gasteiger partial charge < -0.3 is 14.8 Å². The van der Waals surface area contributed by atoms with E-state index in [0.29, 0.717) is 11.3 Å². The minimum atomic E-state index is -4.81. The lowest BCUT2D eigenvalue weighted by Crippen LogP contribution is -2.30. The highest BCUT2D eigenvalue weighted by Gasteiger charge is 2.33. The van der Waals surface area contributed by atoms with Gasteiger partial charge in [-0.05, 0) is 48.6 Å². The molecule has 1 amide bonds. The van der Waals surface area contributed by atoms with Crippen LogP contribution in [-0.4, -0.2) is 24.0 Å². The summed E-state index contributed by atoms with van der Waals surface area (Å²) in [6.45, 7) is -0.154. The summed E-state index contributed by atoms with van der Waals surface area (Å²) in [4.78, 5) is 13.9. The largest absolute Gasteiger partial charge is 0.573 e. The summed E-state index contributed by atoms with van der Waals surface area (Å²) in [5, 5.41) is 11.5. The van der Waals surface area contributed by atoms with Crippen LogP contribution in [0.15, 0.2) is 54.2 Å². The maximum atomic E-state index is 12.8. The van der Waals surface area contributed by atoms with Crippen molar-refractivity contribution in [3.8, 4) is 17.6 Å². The Kier molecular flexibility index (Phi) is 5.70. The Hall–Kier alpha value is -3.58. The molecule has 1 aliphatic heterocycles. The van der Waals surface area contributed by atoms with Crippen LogP contribution in [0.2, 0.25) is 0 Å². The van der Waals surface area contributed by atoms with Crippen LogP contribution in [0.25, 0.3) is 6.08 Å².